The van der Waals surface area contributed by atoms with Crippen molar-refractivity contribution in [1.29, 1.82) is 0 Å². The van der Waals surface area contributed by atoms with E-state index in [4.69, 9.17) is 32.7 Å². The Morgan fingerprint density at radius 2 is 1.84 bits per heavy atom. The van der Waals surface area contributed by atoms with Crippen LogP contribution < -0.4 is 4.74 Å². The van der Waals surface area contributed by atoms with E-state index in [2.05, 4.69) is 10.1 Å². The molecule has 2 aromatic carbocycles. The predicted molar refractivity (Wildman–Crippen MR) is 163 cm³/mol. The van der Waals surface area contributed by atoms with E-state index in [1.54, 1.807) is 15.5 Å². The lowest BCUT2D eigenvalue weighted by molar-refractivity contribution is -0.139. The number of carbonyl (C=O) groups excluding carboxylic acids is 1. The zero-order valence-corrected chi connectivity index (χ0v) is 26.0. The Labute approximate surface area is 263 Å². The molecule has 0 spiro atoms. The summed E-state index contributed by atoms with van der Waals surface area (Å²) in [4.78, 5) is 30.7. The van der Waals surface area contributed by atoms with Crippen molar-refractivity contribution in [3.05, 3.63) is 64.3 Å². The largest absolute Gasteiger partial charge is 0.490 e. The number of hydrogen-bond donors (Lipinski definition) is 1. The number of imidazole rings is 1. The minimum atomic E-state index is -1.27. The number of carboxylic acids is 1. The minimum absolute atomic E-state index is 0.0348. The number of rotatable bonds is 6. The van der Waals surface area contributed by atoms with Gasteiger partial charge in [0.2, 0.25) is 0 Å². The van der Waals surface area contributed by atoms with Crippen molar-refractivity contribution in [1.82, 2.24) is 24.2 Å². The topological polar surface area (TPSA) is 112 Å². The van der Waals surface area contributed by atoms with Crippen LogP contribution in [0, 0.1) is 0 Å². The number of nitrogens with zero attached hydrogens (tertiary/aromatic N) is 5. The Balaban J connectivity index is 1.19. The van der Waals surface area contributed by atoms with Gasteiger partial charge in [-0.05, 0) is 44.5 Å². The van der Waals surface area contributed by atoms with Crippen molar-refractivity contribution in [2.75, 3.05) is 13.1 Å². The quantitative estimate of drug-likeness (QED) is 0.253. The van der Waals surface area contributed by atoms with E-state index < -0.39 is 23.8 Å². The molecule has 232 valence electrons. The van der Waals surface area contributed by atoms with E-state index >= 15 is 0 Å². The summed E-state index contributed by atoms with van der Waals surface area (Å²) in [6.07, 6.45) is 3.04. The van der Waals surface area contributed by atoms with Gasteiger partial charge in [0.25, 0.3) is 0 Å². The van der Waals surface area contributed by atoms with E-state index in [0.717, 1.165) is 5.56 Å². The van der Waals surface area contributed by atoms with Crippen LogP contribution in [0.1, 0.15) is 51.0 Å². The number of halogens is 3. The van der Waals surface area contributed by atoms with Crippen LogP contribution in [-0.2, 0) is 22.5 Å². The molecule has 2 aliphatic heterocycles. The number of piperidine rings is 1. The maximum Gasteiger partial charge on any atom is 0.410 e. The van der Waals surface area contributed by atoms with Crippen LogP contribution >= 0.6 is 23.2 Å². The van der Waals surface area contributed by atoms with Crippen LogP contribution in [0.2, 0.25) is 10.0 Å². The molecule has 4 heterocycles. The maximum atomic E-state index is 14.0. The fraction of sp³-hybridized carbons (Fsp3) is 0.419. The number of alkyl halides is 1. The molecule has 0 aliphatic carbocycles. The molecule has 0 bridgehead atoms. The van der Waals surface area contributed by atoms with Crippen molar-refractivity contribution in [3.63, 3.8) is 0 Å². The first-order chi connectivity index (χ1) is 20.9. The normalized spacial score (nSPS) is 18.0. The lowest BCUT2D eigenvalue weighted by Gasteiger charge is -2.33. The van der Waals surface area contributed by atoms with E-state index in [-0.39, 0.29) is 30.9 Å². The highest BCUT2D eigenvalue weighted by Crippen LogP contribution is 2.40. The average Bonchev–Trinajstić information content (AvgIpc) is 3.66. The Morgan fingerprint density at radius 1 is 1.14 bits per heavy atom. The SMILES string of the molecule is CC(C)(C)OC(=O)N1CCC(Oc2ccc(-c3cc(Cl)c4cn([C@@H](C(=O)O)c5ncn6c5C[C@@H](F)C6)nc4c3Cl)cc2)CC1. The predicted octanol–water partition coefficient (Wildman–Crippen LogP) is 6.55. The summed E-state index contributed by atoms with van der Waals surface area (Å²) < 4.78 is 28.6. The van der Waals surface area contributed by atoms with Gasteiger partial charge >= 0.3 is 12.1 Å². The number of likely N-dealkylation sites (tertiary alicyclic amines) is 1. The van der Waals surface area contributed by atoms with Gasteiger partial charge in [-0.15, -0.1) is 0 Å². The van der Waals surface area contributed by atoms with Gasteiger partial charge in [-0.2, -0.15) is 5.10 Å². The zero-order valence-electron chi connectivity index (χ0n) is 24.5. The third-order valence-electron chi connectivity index (χ3n) is 7.81. The number of hydrogen-bond acceptors (Lipinski definition) is 6. The Hall–Kier alpha value is -3.83. The monoisotopic (exact) mass is 643 g/mol. The lowest BCUT2D eigenvalue weighted by Crippen LogP contribution is -2.44. The third kappa shape index (κ3) is 5.95. The van der Waals surface area contributed by atoms with Gasteiger partial charge in [-0.1, -0.05) is 35.3 Å². The van der Waals surface area contributed by atoms with Gasteiger partial charge in [-0.3, -0.25) is 4.68 Å². The number of aromatic nitrogens is 4. The number of fused-ring (bicyclic) bond motifs is 2. The first kappa shape index (κ1) is 30.2. The number of benzene rings is 2. The molecule has 1 amide bonds. The smallest absolute Gasteiger partial charge is 0.410 e. The Kier molecular flexibility index (Phi) is 7.96. The molecular weight excluding hydrogens is 612 g/mol. The fourth-order valence-electron chi connectivity index (χ4n) is 5.73. The van der Waals surface area contributed by atoms with Crippen LogP contribution in [0.15, 0.2) is 42.9 Å². The number of aliphatic carboxylic acids is 1. The van der Waals surface area contributed by atoms with Crippen LogP contribution in [0.25, 0.3) is 22.0 Å². The number of amides is 1. The van der Waals surface area contributed by atoms with E-state index in [9.17, 15) is 19.1 Å². The highest BCUT2D eigenvalue weighted by Gasteiger charge is 2.34. The molecule has 4 aromatic rings. The molecule has 6 rings (SSSR count). The molecule has 13 heteroatoms. The molecule has 2 atom stereocenters. The second-order valence-corrected chi connectivity index (χ2v) is 13.0. The molecule has 10 nitrogen and oxygen atoms in total. The summed E-state index contributed by atoms with van der Waals surface area (Å²) >= 11 is 13.5. The van der Waals surface area contributed by atoms with E-state index in [1.165, 1.54) is 17.2 Å². The van der Waals surface area contributed by atoms with Gasteiger partial charge in [0, 0.05) is 55.2 Å². The molecule has 2 aliphatic rings. The van der Waals surface area contributed by atoms with E-state index in [0.29, 0.717) is 63.9 Å². The van der Waals surface area contributed by atoms with Gasteiger partial charge in [0.1, 0.15) is 29.1 Å². The summed E-state index contributed by atoms with van der Waals surface area (Å²) in [5, 5.41) is 15.8. The summed E-state index contributed by atoms with van der Waals surface area (Å²) in [5.41, 5.74) is 1.99. The molecule has 2 aromatic heterocycles. The molecule has 1 N–H and O–H groups in total. The average molecular weight is 645 g/mol. The summed E-state index contributed by atoms with van der Waals surface area (Å²) in [6.45, 7) is 6.81. The lowest BCUT2D eigenvalue weighted by atomic mass is 10.0. The Bertz CT molecular complexity index is 1720. The molecule has 0 saturated carbocycles. The highest BCUT2D eigenvalue weighted by atomic mass is 35.5. The number of carbonyl (C=O) groups is 2. The van der Waals surface area contributed by atoms with Crippen LogP contribution in [0.5, 0.6) is 5.75 Å². The summed E-state index contributed by atoms with van der Waals surface area (Å²) in [6, 6.07) is 7.88. The van der Waals surface area contributed by atoms with Crippen LogP contribution in [0.3, 0.4) is 0 Å². The van der Waals surface area contributed by atoms with Gasteiger partial charge in [0.05, 0.1) is 28.6 Å². The van der Waals surface area contributed by atoms with Crippen molar-refractivity contribution in [2.45, 2.75) is 70.5 Å². The molecule has 0 radical (unpaired) electrons. The van der Waals surface area contributed by atoms with Crippen molar-refractivity contribution in [2.24, 2.45) is 0 Å². The van der Waals surface area contributed by atoms with Crippen molar-refractivity contribution >= 4 is 46.2 Å². The highest BCUT2D eigenvalue weighted by molar-refractivity contribution is 6.42. The van der Waals surface area contributed by atoms with Gasteiger partial charge in [-0.25, -0.2) is 19.0 Å². The molecule has 1 saturated heterocycles. The number of ether oxygens (including phenoxy) is 2. The number of carboxylic acid groups (broad SMARTS) is 1. The van der Waals surface area contributed by atoms with Gasteiger partial charge in [0.15, 0.2) is 6.04 Å². The van der Waals surface area contributed by atoms with Crippen LogP contribution in [-0.4, -0.2) is 72.4 Å². The molecular formula is C31H32Cl2FN5O5. The second-order valence-electron chi connectivity index (χ2n) is 12.2. The van der Waals surface area contributed by atoms with Gasteiger partial charge < -0.3 is 24.0 Å². The fourth-order valence-corrected chi connectivity index (χ4v) is 6.28. The standard InChI is InChI=1S/C31H32Cl2FN5O5/c1-31(2,3)44-30(42)37-10-8-20(9-11-37)43-19-6-4-17(5-7-19)21-13-23(32)22-15-39(36-26(22)25(21)33)28(29(40)41)27-24-12-18(34)14-38(24)16-35-27/h4-7,13,15-16,18,20,28H,8-12,14H2,1-3H3,(H,40,41)/t18-,28-/m1/s1. The maximum absolute atomic E-state index is 14.0. The second kappa shape index (κ2) is 11.6. The van der Waals surface area contributed by atoms with E-state index in [1.807, 2.05) is 45.0 Å². The Morgan fingerprint density at radius 3 is 2.50 bits per heavy atom. The summed E-state index contributed by atoms with van der Waals surface area (Å²) in [5.74, 6) is -0.496. The minimum Gasteiger partial charge on any atom is -0.490 e. The summed E-state index contributed by atoms with van der Waals surface area (Å²) in [7, 11) is 0. The third-order valence-corrected chi connectivity index (χ3v) is 8.51. The first-order valence-corrected chi connectivity index (χ1v) is 15.2. The first-order valence-electron chi connectivity index (χ1n) is 14.4. The molecule has 44 heavy (non-hydrogen) atoms. The van der Waals surface area contributed by atoms with Crippen molar-refractivity contribution < 1.29 is 28.6 Å². The zero-order chi connectivity index (χ0) is 31.3. The molecule has 1 fully saturated rings. The van der Waals surface area contributed by atoms with Crippen LogP contribution in [0.4, 0.5) is 9.18 Å². The molecule has 0 unspecified atom stereocenters. The van der Waals surface area contributed by atoms with Crippen molar-refractivity contribution in [3.8, 4) is 16.9 Å².